The van der Waals surface area contributed by atoms with Crippen molar-refractivity contribution < 1.29 is 40.5 Å². The number of hydrogen-bond donors (Lipinski definition) is 1. The molecule has 1 heterocycles. The summed E-state index contributed by atoms with van der Waals surface area (Å²) in [5.74, 6) is -2.65. The minimum absolute atomic E-state index is 0. The van der Waals surface area contributed by atoms with Gasteiger partial charge in [0, 0.05) is 26.4 Å². The molecule has 0 saturated heterocycles. The zero-order valence-electron chi connectivity index (χ0n) is 7.00. The van der Waals surface area contributed by atoms with Crippen molar-refractivity contribution in [3.8, 4) is 11.8 Å². The quantitative estimate of drug-likeness (QED) is 0.501. The number of carbonyl (C=O) groups excluding carboxylic acids is 1. The zero-order chi connectivity index (χ0) is 10.4. The van der Waals surface area contributed by atoms with Crippen LogP contribution in [0, 0.1) is 0 Å². The Labute approximate surface area is 93.3 Å². The second kappa shape index (κ2) is 7.06. The number of aromatic nitrogens is 2. The van der Waals surface area contributed by atoms with Crippen LogP contribution in [0.2, 0.25) is 0 Å². The molecule has 2 N–H and O–H groups in total. The molecule has 0 aromatic carbocycles. The first-order valence-electron chi connectivity index (χ1n) is 3.08. The van der Waals surface area contributed by atoms with Gasteiger partial charge in [-0.25, -0.2) is 9.97 Å². The van der Waals surface area contributed by atoms with Crippen LogP contribution < -0.4 is 21.1 Å². The van der Waals surface area contributed by atoms with E-state index < -0.39 is 17.7 Å². The predicted octanol–water partition coefficient (Wildman–Crippen LogP) is -3.04. The molecule has 82 valence electrons. The molecule has 0 amide bonds. The Morgan fingerprint density at radius 2 is 1.64 bits per heavy atom. The molecule has 0 bridgehead atoms. The predicted molar refractivity (Wildman–Crippen MR) is 36.0 cm³/mol. The summed E-state index contributed by atoms with van der Waals surface area (Å²) in [4.78, 5) is 15.2. The molecule has 0 radical (unpaired) electrons. The first kappa shape index (κ1) is 15.1. The van der Waals surface area contributed by atoms with Gasteiger partial charge >= 0.3 is 0 Å². The summed E-state index contributed by atoms with van der Waals surface area (Å²) in [6.07, 6.45) is 0. The van der Waals surface area contributed by atoms with E-state index in [4.69, 9.17) is 15.6 Å². The number of nitrogens with zero attached hydrogens (tertiary/aromatic N) is 2. The van der Waals surface area contributed by atoms with Gasteiger partial charge in [-0.15, -0.1) is 0 Å². The van der Waals surface area contributed by atoms with E-state index in [1.54, 1.807) is 0 Å². The maximum Gasteiger partial charge on any atom is 0.218 e. The van der Waals surface area contributed by atoms with Gasteiger partial charge in [-0.2, -0.15) is 0 Å². The van der Waals surface area contributed by atoms with Crippen molar-refractivity contribution in [2.75, 3.05) is 5.73 Å². The number of carbonyl (C=O) groups is 1. The Morgan fingerprint density at radius 1 is 1.36 bits per heavy atom. The van der Waals surface area contributed by atoms with Crippen LogP contribution in [-0.4, -0.2) is 15.9 Å². The van der Waals surface area contributed by atoms with Crippen molar-refractivity contribution in [1.29, 1.82) is 0 Å². The molecule has 0 aliphatic rings. The Bertz CT molecular complexity index is 253. The number of nitrogens with two attached hydrogens (primary N) is 1. The molecular weight excluding hydrogens is 285 g/mol. The first-order chi connectivity index (χ1) is 5.91. The molecule has 7 nitrogen and oxygen atoms in total. The Morgan fingerprint density at radius 3 is 1.86 bits per heavy atom. The van der Waals surface area contributed by atoms with Crippen LogP contribution in [0.3, 0.4) is 0 Å². The van der Waals surface area contributed by atoms with Crippen molar-refractivity contribution in [1.82, 2.24) is 9.97 Å². The van der Waals surface area contributed by atoms with Crippen molar-refractivity contribution in [2.24, 2.45) is 0 Å². The second-order valence-electron chi connectivity index (χ2n) is 1.89. The van der Waals surface area contributed by atoms with Gasteiger partial charge < -0.3 is 25.8 Å². The SMILES string of the molecule is CC(=O)[O-].Nc1nc([O-])cc([O-])n1.[Pd]. The van der Waals surface area contributed by atoms with Gasteiger partial charge in [0.1, 0.15) is 0 Å². The van der Waals surface area contributed by atoms with Gasteiger partial charge in [0.25, 0.3) is 0 Å². The Balaban J connectivity index is 0. The number of nitrogen functional groups attached to an aromatic ring is 1. The summed E-state index contributed by atoms with van der Waals surface area (Å²) in [5, 5.41) is 29.4. The van der Waals surface area contributed by atoms with E-state index in [1.165, 1.54) is 0 Å². The Kier molecular flexibility index (Phi) is 7.61. The summed E-state index contributed by atoms with van der Waals surface area (Å²) in [6, 6.07) is 0.774. The van der Waals surface area contributed by atoms with Crippen molar-refractivity contribution in [2.45, 2.75) is 6.92 Å². The van der Waals surface area contributed by atoms with Crippen molar-refractivity contribution in [3.05, 3.63) is 6.07 Å². The summed E-state index contributed by atoms with van der Waals surface area (Å²) in [7, 11) is 0. The molecule has 1 aromatic heterocycles. The molecular formula is C6H6N3O4Pd-3. The van der Waals surface area contributed by atoms with Crippen molar-refractivity contribution in [3.63, 3.8) is 0 Å². The minimum atomic E-state index is -1.08. The van der Waals surface area contributed by atoms with Crippen LogP contribution in [-0.2, 0) is 25.2 Å². The van der Waals surface area contributed by atoms with Crippen LogP contribution in [0.25, 0.3) is 0 Å². The molecule has 0 aliphatic carbocycles. The number of carboxylic acids is 1. The topological polar surface area (TPSA) is 138 Å². The minimum Gasteiger partial charge on any atom is -0.858 e. The van der Waals surface area contributed by atoms with Crippen LogP contribution in [0.15, 0.2) is 6.07 Å². The Hall–Kier alpha value is -1.39. The van der Waals surface area contributed by atoms with Crippen LogP contribution in [0.5, 0.6) is 11.8 Å². The monoisotopic (exact) mass is 290 g/mol. The smallest absolute Gasteiger partial charge is 0.218 e. The van der Waals surface area contributed by atoms with Crippen LogP contribution in [0.4, 0.5) is 5.95 Å². The third-order valence-corrected chi connectivity index (χ3v) is 0.696. The number of hydrogen-bond acceptors (Lipinski definition) is 7. The van der Waals surface area contributed by atoms with Gasteiger partial charge in [-0.1, -0.05) is 0 Å². The molecule has 0 aliphatic heterocycles. The summed E-state index contributed by atoms with van der Waals surface area (Å²) < 4.78 is 0. The molecule has 0 fully saturated rings. The average molecular weight is 291 g/mol. The third-order valence-electron chi connectivity index (χ3n) is 0.696. The fraction of sp³-hybridized carbons (Fsp3) is 0.167. The van der Waals surface area contributed by atoms with Crippen LogP contribution >= 0.6 is 0 Å². The van der Waals surface area contributed by atoms with E-state index in [0.29, 0.717) is 0 Å². The molecule has 0 spiro atoms. The molecule has 0 atom stereocenters. The maximum absolute atomic E-state index is 10.3. The van der Waals surface area contributed by atoms with E-state index in [2.05, 4.69) is 9.97 Å². The maximum atomic E-state index is 10.3. The molecule has 0 saturated carbocycles. The molecule has 0 unspecified atom stereocenters. The average Bonchev–Trinajstić information content (AvgIpc) is 1.80. The van der Waals surface area contributed by atoms with E-state index in [0.717, 1.165) is 13.0 Å². The third kappa shape index (κ3) is 8.71. The normalized spacial score (nSPS) is 7.79. The number of rotatable bonds is 0. The number of anilines is 1. The van der Waals surface area contributed by atoms with Gasteiger partial charge in [-0.05, 0) is 24.8 Å². The second-order valence-corrected chi connectivity index (χ2v) is 1.89. The van der Waals surface area contributed by atoms with E-state index in [-0.39, 0.29) is 26.4 Å². The number of aliphatic carboxylic acids is 1. The molecule has 1 rings (SSSR count). The first-order valence-corrected chi connectivity index (χ1v) is 3.08. The van der Waals surface area contributed by atoms with E-state index in [1.807, 2.05) is 0 Å². The standard InChI is InChI=1S/C4H5N3O2.C2H4O2.Pd/c5-4-6-2(8)1-3(9)7-4;1-2(3)4;/h1H,(H4,5,6,7,8,9);1H3,(H,3,4);/p-3. The van der Waals surface area contributed by atoms with Crippen molar-refractivity contribution >= 4 is 11.9 Å². The summed E-state index contributed by atoms with van der Waals surface area (Å²) >= 11 is 0. The fourth-order valence-corrected chi connectivity index (χ4v) is 0.421. The van der Waals surface area contributed by atoms with Crippen LogP contribution in [0.1, 0.15) is 6.92 Å². The largest absolute Gasteiger partial charge is 0.858 e. The summed E-state index contributed by atoms with van der Waals surface area (Å²) in [5.41, 5.74) is 4.94. The molecule has 8 heteroatoms. The summed E-state index contributed by atoms with van der Waals surface area (Å²) in [6.45, 7) is 0.972. The van der Waals surface area contributed by atoms with Gasteiger partial charge in [0.2, 0.25) is 5.95 Å². The van der Waals surface area contributed by atoms with Gasteiger partial charge in [-0.3, -0.25) is 0 Å². The molecule has 14 heavy (non-hydrogen) atoms. The number of carboxylic acid groups (broad SMARTS) is 1. The molecule has 1 aromatic rings. The van der Waals surface area contributed by atoms with Gasteiger partial charge in [0.15, 0.2) is 0 Å². The van der Waals surface area contributed by atoms with E-state index >= 15 is 0 Å². The fourth-order valence-electron chi connectivity index (χ4n) is 0.421. The zero-order valence-corrected chi connectivity index (χ0v) is 8.55. The van der Waals surface area contributed by atoms with Gasteiger partial charge in [0.05, 0.1) is 0 Å². The van der Waals surface area contributed by atoms with E-state index in [9.17, 15) is 10.2 Å².